The van der Waals surface area contributed by atoms with E-state index in [0.717, 1.165) is 29.7 Å². The summed E-state index contributed by atoms with van der Waals surface area (Å²) < 4.78 is 0. The molecule has 1 saturated carbocycles. The molecule has 0 unspecified atom stereocenters. The minimum atomic E-state index is -0.0416. The highest BCUT2D eigenvalue weighted by Gasteiger charge is 2.31. The van der Waals surface area contributed by atoms with E-state index in [0.29, 0.717) is 11.8 Å². The highest BCUT2D eigenvalue weighted by atomic mass is 16.6. The zero-order chi connectivity index (χ0) is 10.7. The van der Waals surface area contributed by atoms with Crippen LogP contribution in [0.2, 0.25) is 0 Å². The Hall–Kier alpha value is -0.800. The number of rotatable bonds is 5. The molecule has 0 saturated heterocycles. The molecule has 1 fully saturated rings. The molecule has 0 heterocycles. The van der Waals surface area contributed by atoms with Gasteiger partial charge in [0.25, 0.3) is 0 Å². The maximum atomic E-state index is 9.27. The summed E-state index contributed by atoms with van der Waals surface area (Å²) in [5.41, 5.74) is 1.70. The number of nitrogens with two attached hydrogens (primary N) is 1. The van der Waals surface area contributed by atoms with Gasteiger partial charge in [-0.05, 0) is 24.3 Å². The van der Waals surface area contributed by atoms with Crippen molar-refractivity contribution in [2.45, 2.75) is 26.7 Å². The summed E-state index contributed by atoms with van der Waals surface area (Å²) in [5.74, 6) is 6.65. The second-order valence-corrected chi connectivity index (χ2v) is 4.07. The number of hydrogen-bond donors (Lipinski definition) is 2. The Morgan fingerprint density at radius 1 is 1.57 bits per heavy atom. The molecule has 0 aliphatic heterocycles. The van der Waals surface area contributed by atoms with Gasteiger partial charge < -0.3 is 9.94 Å². The normalized spacial score (nSPS) is 18.1. The van der Waals surface area contributed by atoms with E-state index >= 15 is 0 Å². The third-order valence-corrected chi connectivity index (χ3v) is 2.62. The first kappa shape index (κ1) is 11.3. The lowest BCUT2D eigenvalue weighted by Crippen LogP contribution is -2.11. The minimum Gasteiger partial charge on any atom is -0.415 e. The van der Waals surface area contributed by atoms with Crippen molar-refractivity contribution in [3.63, 3.8) is 0 Å². The van der Waals surface area contributed by atoms with E-state index in [4.69, 9.17) is 10.7 Å². The quantitative estimate of drug-likeness (QED) is 0.401. The smallest absolute Gasteiger partial charge is 0.132 e. The van der Waals surface area contributed by atoms with Crippen LogP contribution in [0, 0.1) is 11.8 Å². The fraction of sp³-hybridized carbons (Fsp3) is 0.636. The van der Waals surface area contributed by atoms with Crippen LogP contribution < -0.4 is 5.90 Å². The van der Waals surface area contributed by atoms with Crippen molar-refractivity contribution < 1.29 is 9.94 Å². The molecule has 0 radical (unpaired) electrons. The lowest BCUT2D eigenvalue weighted by molar-refractivity contribution is 0.193. The molecule has 0 aromatic heterocycles. The van der Waals surface area contributed by atoms with E-state index in [1.807, 2.05) is 13.8 Å². The molecule has 3 nitrogen and oxygen atoms in total. The Bertz CT molecular complexity index is 252. The van der Waals surface area contributed by atoms with Crippen LogP contribution in [-0.4, -0.2) is 11.7 Å². The van der Waals surface area contributed by atoms with Crippen LogP contribution in [0.4, 0.5) is 0 Å². The molecule has 0 amide bonds. The third kappa shape index (κ3) is 2.36. The zero-order valence-corrected chi connectivity index (χ0v) is 8.92. The van der Waals surface area contributed by atoms with Crippen molar-refractivity contribution in [2.75, 3.05) is 6.61 Å². The third-order valence-electron chi connectivity index (χ3n) is 2.62. The van der Waals surface area contributed by atoms with Gasteiger partial charge in [-0.25, -0.2) is 0 Å². The first-order valence-corrected chi connectivity index (χ1v) is 5.01. The molecule has 1 rings (SSSR count). The zero-order valence-electron chi connectivity index (χ0n) is 8.92. The fourth-order valence-corrected chi connectivity index (χ4v) is 1.45. The maximum Gasteiger partial charge on any atom is 0.132 e. The van der Waals surface area contributed by atoms with Crippen molar-refractivity contribution in [3.05, 3.63) is 23.5 Å². The fourth-order valence-electron chi connectivity index (χ4n) is 1.45. The van der Waals surface area contributed by atoms with Crippen molar-refractivity contribution in [1.82, 2.24) is 0 Å². The van der Waals surface area contributed by atoms with E-state index in [-0.39, 0.29) is 6.61 Å². The lowest BCUT2D eigenvalue weighted by Gasteiger charge is -2.16. The van der Waals surface area contributed by atoms with Gasteiger partial charge in [-0.15, -0.1) is 0 Å². The molecule has 80 valence electrons. The molecule has 3 N–H and O–H groups in total. The van der Waals surface area contributed by atoms with E-state index in [9.17, 15) is 5.11 Å². The Labute approximate surface area is 85.2 Å². The molecule has 14 heavy (non-hydrogen) atoms. The first-order valence-electron chi connectivity index (χ1n) is 5.01. The summed E-state index contributed by atoms with van der Waals surface area (Å²) in [5, 5.41) is 9.27. The van der Waals surface area contributed by atoms with Gasteiger partial charge in [0.1, 0.15) is 5.76 Å². The summed E-state index contributed by atoms with van der Waals surface area (Å²) in [7, 11) is 0. The standard InChI is InChI=1S/C11H19NO2/c1-7(2)8(3)10(6-13)11(14-12)9-4-5-9/h7,9,13H,3-6,12H2,1-2H3/b11-10-. The van der Waals surface area contributed by atoms with Gasteiger partial charge in [0.15, 0.2) is 0 Å². The Kier molecular flexibility index (Phi) is 3.72. The van der Waals surface area contributed by atoms with Crippen LogP contribution in [0.15, 0.2) is 23.5 Å². The molecule has 1 aliphatic carbocycles. The Morgan fingerprint density at radius 2 is 2.14 bits per heavy atom. The van der Waals surface area contributed by atoms with Gasteiger partial charge >= 0.3 is 0 Å². The van der Waals surface area contributed by atoms with Crippen molar-refractivity contribution >= 4 is 0 Å². The van der Waals surface area contributed by atoms with Gasteiger partial charge in [-0.3, -0.25) is 0 Å². The summed E-state index contributed by atoms with van der Waals surface area (Å²) in [6, 6.07) is 0. The molecule has 3 heteroatoms. The van der Waals surface area contributed by atoms with Crippen LogP contribution in [0.1, 0.15) is 26.7 Å². The van der Waals surface area contributed by atoms with Crippen molar-refractivity contribution in [1.29, 1.82) is 0 Å². The minimum absolute atomic E-state index is 0.0416. The van der Waals surface area contributed by atoms with Crippen LogP contribution >= 0.6 is 0 Å². The highest BCUT2D eigenvalue weighted by Crippen LogP contribution is 2.39. The molecular weight excluding hydrogens is 178 g/mol. The molecule has 0 bridgehead atoms. The van der Waals surface area contributed by atoms with Crippen LogP contribution in [0.3, 0.4) is 0 Å². The van der Waals surface area contributed by atoms with Crippen molar-refractivity contribution in [3.8, 4) is 0 Å². The molecule has 1 aliphatic rings. The highest BCUT2D eigenvalue weighted by molar-refractivity contribution is 5.34. The molecule has 0 aromatic rings. The number of allylic oxidation sites excluding steroid dienone is 1. The van der Waals surface area contributed by atoms with E-state index < -0.39 is 0 Å². The van der Waals surface area contributed by atoms with E-state index in [2.05, 4.69) is 6.58 Å². The number of aliphatic hydroxyl groups excluding tert-OH is 1. The molecular formula is C11H19NO2. The summed E-state index contributed by atoms with van der Waals surface area (Å²) in [4.78, 5) is 4.86. The summed E-state index contributed by atoms with van der Waals surface area (Å²) >= 11 is 0. The molecule has 0 aromatic carbocycles. The lowest BCUT2D eigenvalue weighted by atomic mass is 9.95. The van der Waals surface area contributed by atoms with Gasteiger partial charge in [0.2, 0.25) is 0 Å². The molecule has 0 spiro atoms. The van der Waals surface area contributed by atoms with E-state index in [1.54, 1.807) is 0 Å². The largest absolute Gasteiger partial charge is 0.415 e. The molecule has 0 atom stereocenters. The number of hydrogen-bond acceptors (Lipinski definition) is 3. The predicted molar refractivity (Wildman–Crippen MR) is 56.1 cm³/mol. The predicted octanol–water partition coefficient (Wildman–Crippen LogP) is 1.75. The topological polar surface area (TPSA) is 55.5 Å². The van der Waals surface area contributed by atoms with Crippen LogP contribution in [0.5, 0.6) is 0 Å². The van der Waals surface area contributed by atoms with Gasteiger partial charge in [0.05, 0.1) is 6.61 Å². The average Bonchev–Trinajstić information content (AvgIpc) is 2.96. The Morgan fingerprint density at radius 3 is 2.43 bits per heavy atom. The van der Waals surface area contributed by atoms with Crippen LogP contribution in [0.25, 0.3) is 0 Å². The first-order chi connectivity index (χ1) is 6.61. The summed E-state index contributed by atoms with van der Waals surface area (Å²) in [6.07, 6.45) is 2.20. The van der Waals surface area contributed by atoms with Crippen LogP contribution in [-0.2, 0) is 4.84 Å². The SMILES string of the molecule is C=C(/C(CO)=C(\ON)C1CC1)C(C)C. The average molecular weight is 197 g/mol. The van der Waals surface area contributed by atoms with Gasteiger partial charge in [0, 0.05) is 11.5 Å². The van der Waals surface area contributed by atoms with Gasteiger partial charge in [-0.2, -0.15) is 5.90 Å². The van der Waals surface area contributed by atoms with Gasteiger partial charge in [-0.1, -0.05) is 20.4 Å². The summed E-state index contributed by atoms with van der Waals surface area (Å²) in [6.45, 7) is 7.99. The monoisotopic (exact) mass is 197 g/mol. The Balaban J connectivity index is 2.90. The maximum absolute atomic E-state index is 9.27. The second-order valence-electron chi connectivity index (χ2n) is 4.07. The van der Waals surface area contributed by atoms with Crippen molar-refractivity contribution in [2.24, 2.45) is 17.7 Å². The number of aliphatic hydroxyl groups is 1. The van der Waals surface area contributed by atoms with E-state index in [1.165, 1.54) is 0 Å². The second kappa shape index (κ2) is 4.62.